The van der Waals surface area contributed by atoms with Crippen LogP contribution in [-0.2, 0) is 10.0 Å². The Kier molecular flexibility index (Phi) is 3.97. The molecule has 3 rings (SSSR count). The maximum Gasteiger partial charge on any atom is 0.262 e. The molecule has 0 unspecified atom stereocenters. The van der Waals surface area contributed by atoms with Crippen LogP contribution in [0.15, 0.2) is 47.4 Å². The number of tetrazole rings is 1. The van der Waals surface area contributed by atoms with Gasteiger partial charge in [-0.2, -0.15) is 4.68 Å². The third kappa shape index (κ3) is 3.08. The van der Waals surface area contributed by atoms with Gasteiger partial charge in [-0.25, -0.2) is 17.2 Å². The van der Waals surface area contributed by atoms with Gasteiger partial charge in [-0.1, -0.05) is 6.07 Å². The van der Waals surface area contributed by atoms with Gasteiger partial charge in [-0.3, -0.25) is 4.72 Å². The Morgan fingerprint density at radius 1 is 1.12 bits per heavy atom. The second-order valence-electron chi connectivity index (χ2n) is 4.86. The van der Waals surface area contributed by atoms with Crippen molar-refractivity contribution in [2.24, 2.45) is 0 Å². The highest BCUT2D eigenvalue weighted by Crippen LogP contribution is 2.22. The predicted octanol–water partition coefficient (Wildman–Crippen LogP) is 2.05. The highest BCUT2D eigenvalue weighted by molar-refractivity contribution is 7.92. The fourth-order valence-electron chi connectivity index (χ4n) is 2.03. The SMILES string of the molecule is Cc1nnnn1-c1ccc(F)c(NS(=O)(=O)c2cccc(F)c2)c1. The molecule has 0 aliphatic rings. The van der Waals surface area contributed by atoms with Crippen molar-refractivity contribution in [1.29, 1.82) is 0 Å². The number of rotatable bonds is 4. The number of halogens is 2. The van der Waals surface area contributed by atoms with Crippen LogP contribution >= 0.6 is 0 Å². The zero-order chi connectivity index (χ0) is 17.3. The number of hydrogen-bond acceptors (Lipinski definition) is 5. The van der Waals surface area contributed by atoms with E-state index in [-0.39, 0.29) is 10.6 Å². The molecule has 1 aromatic heterocycles. The van der Waals surface area contributed by atoms with Crippen LogP contribution < -0.4 is 4.72 Å². The molecule has 1 N–H and O–H groups in total. The second kappa shape index (κ2) is 5.96. The number of hydrogen-bond donors (Lipinski definition) is 1. The Balaban J connectivity index is 1.99. The summed E-state index contributed by atoms with van der Waals surface area (Å²) in [5, 5.41) is 10.9. The molecule has 0 aliphatic heterocycles. The van der Waals surface area contributed by atoms with E-state index in [2.05, 4.69) is 20.2 Å². The van der Waals surface area contributed by atoms with E-state index in [4.69, 9.17) is 0 Å². The first-order valence-corrected chi connectivity index (χ1v) is 8.18. The number of sulfonamides is 1. The zero-order valence-corrected chi connectivity index (χ0v) is 13.1. The number of nitrogens with zero attached hydrogens (tertiary/aromatic N) is 4. The highest BCUT2D eigenvalue weighted by Gasteiger charge is 2.18. The molecule has 0 bridgehead atoms. The van der Waals surface area contributed by atoms with Crippen molar-refractivity contribution in [2.45, 2.75) is 11.8 Å². The number of benzene rings is 2. The molecular weight excluding hydrogens is 340 g/mol. The first-order chi connectivity index (χ1) is 11.4. The zero-order valence-electron chi connectivity index (χ0n) is 12.3. The van der Waals surface area contributed by atoms with Crippen LogP contribution in [-0.4, -0.2) is 28.6 Å². The Bertz CT molecular complexity index is 1000. The minimum absolute atomic E-state index is 0.299. The molecular formula is C14H11F2N5O2S. The molecule has 0 amide bonds. The van der Waals surface area contributed by atoms with Crippen LogP contribution in [0.25, 0.3) is 5.69 Å². The largest absolute Gasteiger partial charge is 0.277 e. The molecule has 3 aromatic rings. The van der Waals surface area contributed by atoms with Gasteiger partial charge in [0.05, 0.1) is 16.3 Å². The highest BCUT2D eigenvalue weighted by atomic mass is 32.2. The monoisotopic (exact) mass is 351 g/mol. The third-order valence-electron chi connectivity index (χ3n) is 3.17. The van der Waals surface area contributed by atoms with Gasteiger partial charge in [0.15, 0.2) is 5.82 Å². The van der Waals surface area contributed by atoms with Gasteiger partial charge in [-0.05, 0) is 53.7 Å². The summed E-state index contributed by atoms with van der Waals surface area (Å²) in [7, 11) is -4.14. The topological polar surface area (TPSA) is 89.8 Å². The van der Waals surface area contributed by atoms with Crippen LogP contribution in [0.3, 0.4) is 0 Å². The van der Waals surface area contributed by atoms with Crippen LogP contribution in [0.1, 0.15) is 5.82 Å². The van der Waals surface area contributed by atoms with Crippen LogP contribution in [0.2, 0.25) is 0 Å². The van der Waals surface area contributed by atoms with Crippen molar-refractivity contribution in [3.63, 3.8) is 0 Å². The maximum absolute atomic E-state index is 14.0. The summed E-state index contributed by atoms with van der Waals surface area (Å²) in [6.07, 6.45) is 0. The van der Waals surface area contributed by atoms with E-state index in [1.165, 1.54) is 28.9 Å². The van der Waals surface area contributed by atoms with Crippen molar-refractivity contribution in [2.75, 3.05) is 4.72 Å². The standard InChI is InChI=1S/C14H11F2N5O2S/c1-9-17-19-20-21(9)11-5-6-13(16)14(8-11)18-24(22,23)12-4-2-3-10(15)7-12/h2-8,18H,1H3. The van der Waals surface area contributed by atoms with E-state index in [0.29, 0.717) is 11.5 Å². The average molecular weight is 351 g/mol. The van der Waals surface area contributed by atoms with E-state index in [1.54, 1.807) is 6.92 Å². The lowest BCUT2D eigenvalue weighted by atomic mass is 10.2. The molecule has 0 radical (unpaired) electrons. The van der Waals surface area contributed by atoms with Crippen molar-refractivity contribution < 1.29 is 17.2 Å². The summed E-state index contributed by atoms with van der Waals surface area (Å²) in [6.45, 7) is 1.64. The summed E-state index contributed by atoms with van der Waals surface area (Å²) in [5.74, 6) is -1.05. The minimum atomic E-state index is -4.14. The maximum atomic E-state index is 14.0. The molecule has 0 saturated heterocycles. The van der Waals surface area contributed by atoms with Gasteiger partial charge in [0.2, 0.25) is 0 Å². The van der Waals surface area contributed by atoms with E-state index in [0.717, 1.165) is 18.2 Å². The average Bonchev–Trinajstić information content (AvgIpc) is 2.95. The summed E-state index contributed by atoms with van der Waals surface area (Å²) in [6, 6.07) is 8.14. The number of aromatic nitrogens is 4. The summed E-state index contributed by atoms with van der Waals surface area (Å²) < 4.78 is 55.2. The molecule has 1 heterocycles. The Morgan fingerprint density at radius 3 is 2.58 bits per heavy atom. The number of nitrogens with one attached hydrogen (secondary N) is 1. The van der Waals surface area contributed by atoms with Gasteiger partial charge < -0.3 is 0 Å². The lowest BCUT2D eigenvalue weighted by molar-refractivity contribution is 0.593. The lowest BCUT2D eigenvalue weighted by Gasteiger charge is -2.11. The Labute approximate surface area is 136 Å². The van der Waals surface area contributed by atoms with Crippen molar-refractivity contribution in [1.82, 2.24) is 20.2 Å². The number of anilines is 1. The quantitative estimate of drug-likeness (QED) is 0.777. The normalized spacial score (nSPS) is 11.5. The summed E-state index contributed by atoms with van der Waals surface area (Å²) >= 11 is 0. The van der Waals surface area contributed by atoms with Crippen molar-refractivity contribution >= 4 is 15.7 Å². The molecule has 124 valence electrons. The molecule has 0 saturated carbocycles. The van der Waals surface area contributed by atoms with Gasteiger partial charge in [-0.15, -0.1) is 5.10 Å². The molecule has 0 fully saturated rings. The fraction of sp³-hybridized carbons (Fsp3) is 0.0714. The Hall–Kier alpha value is -2.88. The predicted molar refractivity (Wildman–Crippen MR) is 81.1 cm³/mol. The van der Waals surface area contributed by atoms with Gasteiger partial charge in [0, 0.05) is 0 Å². The van der Waals surface area contributed by atoms with E-state index in [1.807, 2.05) is 0 Å². The first-order valence-electron chi connectivity index (χ1n) is 6.70. The van der Waals surface area contributed by atoms with Crippen molar-refractivity contribution in [3.05, 3.63) is 59.9 Å². The van der Waals surface area contributed by atoms with Crippen LogP contribution in [0.5, 0.6) is 0 Å². The minimum Gasteiger partial charge on any atom is -0.277 e. The van der Waals surface area contributed by atoms with Gasteiger partial charge >= 0.3 is 0 Å². The van der Waals surface area contributed by atoms with E-state index in [9.17, 15) is 17.2 Å². The molecule has 0 atom stereocenters. The molecule has 7 nitrogen and oxygen atoms in total. The second-order valence-corrected chi connectivity index (χ2v) is 6.55. The molecule has 0 spiro atoms. The number of aryl methyl sites for hydroxylation is 1. The first kappa shape index (κ1) is 16.0. The third-order valence-corrected chi connectivity index (χ3v) is 4.53. The molecule has 0 aliphatic carbocycles. The summed E-state index contributed by atoms with van der Waals surface area (Å²) in [4.78, 5) is -0.314. The lowest BCUT2D eigenvalue weighted by Crippen LogP contribution is -2.14. The van der Waals surface area contributed by atoms with Gasteiger partial charge in [0.25, 0.3) is 10.0 Å². The molecule has 24 heavy (non-hydrogen) atoms. The fourth-order valence-corrected chi connectivity index (χ4v) is 3.12. The van der Waals surface area contributed by atoms with Gasteiger partial charge in [0.1, 0.15) is 11.6 Å². The van der Waals surface area contributed by atoms with Crippen LogP contribution in [0, 0.1) is 18.6 Å². The molecule has 10 heteroatoms. The smallest absolute Gasteiger partial charge is 0.262 e. The van der Waals surface area contributed by atoms with E-state index < -0.39 is 21.7 Å². The van der Waals surface area contributed by atoms with Crippen LogP contribution in [0.4, 0.5) is 14.5 Å². The van der Waals surface area contributed by atoms with Crippen molar-refractivity contribution in [3.8, 4) is 5.69 Å². The van der Waals surface area contributed by atoms with E-state index >= 15 is 0 Å². The molecule has 2 aromatic carbocycles. The summed E-state index contributed by atoms with van der Waals surface area (Å²) in [5.41, 5.74) is 0.0718. The Morgan fingerprint density at radius 2 is 1.92 bits per heavy atom.